The SMILES string of the molecule is COc1ccc(OCC(=O)N/N=C/C=C\c2ccco2)c(I)c1. The molecule has 1 aromatic heterocycles. The number of benzene rings is 1. The summed E-state index contributed by atoms with van der Waals surface area (Å²) in [6.07, 6.45) is 6.42. The fourth-order valence-corrected chi connectivity index (χ4v) is 2.22. The van der Waals surface area contributed by atoms with Crippen LogP contribution < -0.4 is 14.9 Å². The van der Waals surface area contributed by atoms with Gasteiger partial charge in [-0.15, -0.1) is 0 Å². The van der Waals surface area contributed by atoms with Crippen LogP contribution in [0.1, 0.15) is 5.76 Å². The topological polar surface area (TPSA) is 73.1 Å². The molecule has 1 amide bonds. The summed E-state index contributed by atoms with van der Waals surface area (Å²) in [7, 11) is 1.59. The third-order valence-corrected chi connectivity index (χ3v) is 3.49. The van der Waals surface area contributed by atoms with Gasteiger partial charge in [-0.25, -0.2) is 5.43 Å². The highest BCUT2D eigenvalue weighted by molar-refractivity contribution is 14.1. The Morgan fingerprint density at radius 3 is 3.00 bits per heavy atom. The molecule has 0 unspecified atom stereocenters. The first-order chi connectivity index (χ1) is 11.2. The van der Waals surface area contributed by atoms with E-state index in [1.165, 1.54) is 6.21 Å². The van der Waals surface area contributed by atoms with Crippen LogP contribution in [-0.2, 0) is 4.79 Å². The van der Waals surface area contributed by atoms with E-state index in [0.717, 1.165) is 9.32 Å². The number of hydrazone groups is 1. The first-order valence-electron chi connectivity index (χ1n) is 6.67. The van der Waals surface area contributed by atoms with Gasteiger partial charge in [0.15, 0.2) is 6.61 Å². The van der Waals surface area contributed by atoms with E-state index in [1.807, 2.05) is 12.1 Å². The minimum atomic E-state index is -0.348. The summed E-state index contributed by atoms with van der Waals surface area (Å²) in [5.74, 6) is 1.71. The highest BCUT2D eigenvalue weighted by Gasteiger charge is 2.05. The van der Waals surface area contributed by atoms with Crippen LogP contribution in [-0.4, -0.2) is 25.8 Å². The summed E-state index contributed by atoms with van der Waals surface area (Å²) in [5.41, 5.74) is 2.37. The lowest BCUT2D eigenvalue weighted by Gasteiger charge is -2.08. The second kappa shape index (κ2) is 8.99. The number of amides is 1. The Morgan fingerprint density at radius 1 is 1.43 bits per heavy atom. The molecule has 0 saturated heterocycles. The fourth-order valence-electron chi connectivity index (χ4n) is 1.58. The first-order valence-corrected chi connectivity index (χ1v) is 7.75. The molecular formula is C16H15IN2O4. The Labute approximate surface area is 147 Å². The molecule has 0 radical (unpaired) electrons. The van der Waals surface area contributed by atoms with Crippen LogP contribution in [0.5, 0.6) is 11.5 Å². The Balaban J connectivity index is 1.74. The van der Waals surface area contributed by atoms with E-state index in [0.29, 0.717) is 11.5 Å². The third kappa shape index (κ3) is 5.78. The molecule has 0 aliphatic carbocycles. The molecular weight excluding hydrogens is 411 g/mol. The zero-order valence-corrected chi connectivity index (χ0v) is 14.5. The first kappa shape index (κ1) is 17.1. The van der Waals surface area contributed by atoms with Crippen molar-refractivity contribution in [3.8, 4) is 11.5 Å². The molecule has 0 atom stereocenters. The molecule has 1 aromatic carbocycles. The number of carbonyl (C=O) groups is 1. The summed E-state index contributed by atoms with van der Waals surface area (Å²) in [5, 5.41) is 3.78. The van der Waals surface area contributed by atoms with Crippen LogP contribution in [0.3, 0.4) is 0 Å². The molecule has 0 aliphatic heterocycles. The van der Waals surface area contributed by atoms with Crippen molar-refractivity contribution in [2.24, 2.45) is 5.10 Å². The molecule has 1 N–H and O–H groups in total. The molecule has 0 bridgehead atoms. The summed E-state index contributed by atoms with van der Waals surface area (Å²) in [6.45, 7) is -0.123. The maximum absolute atomic E-state index is 11.6. The van der Waals surface area contributed by atoms with Gasteiger partial charge >= 0.3 is 0 Å². The maximum atomic E-state index is 11.6. The van der Waals surface area contributed by atoms with Gasteiger partial charge in [-0.2, -0.15) is 5.10 Å². The average molecular weight is 426 g/mol. The molecule has 120 valence electrons. The van der Waals surface area contributed by atoms with Gasteiger partial charge in [0.2, 0.25) is 0 Å². The molecule has 23 heavy (non-hydrogen) atoms. The highest BCUT2D eigenvalue weighted by Crippen LogP contribution is 2.25. The van der Waals surface area contributed by atoms with Crippen molar-refractivity contribution < 1.29 is 18.7 Å². The molecule has 1 heterocycles. The Kier molecular flexibility index (Phi) is 6.67. The largest absolute Gasteiger partial charge is 0.497 e. The van der Waals surface area contributed by atoms with Crippen LogP contribution in [0.4, 0.5) is 0 Å². The zero-order valence-electron chi connectivity index (χ0n) is 12.4. The molecule has 2 aromatic rings. The van der Waals surface area contributed by atoms with E-state index in [9.17, 15) is 4.79 Å². The quantitative estimate of drug-likeness (QED) is 0.420. The van der Waals surface area contributed by atoms with E-state index in [2.05, 4.69) is 33.1 Å². The number of carbonyl (C=O) groups excluding carboxylic acids is 1. The predicted molar refractivity (Wildman–Crippen MR) is 95.6 cm³/mol. The normalized spacial score (nSPS) is 11.0. The molecule has 7 heteroatoms. The van der Waals surface area contributed by atoms with Gasteiger partial charge in [0, 0.05) is 6.21 Å². The van der Waals surface area contributed by atoms with Gasteiger partial charge in [-0.3, -0.25) is 4.79 Å². The van der Waals surface area contributed by atoms with Crippen molar-refractivity contribution in [3.63, 3.8) is 0 Å². The van der Waals surface area contributed by atoms with Crippen molar-refractivity contribution in [2.75, 3.05) is 13.7 Å². The van der Waals surface area contributed by atoms with Crippen molar-refractivity contribution in [1.29, 1.82) is 0 Å². The van der Waals surface area contributed by atoms with Crippen molar-refractivity contribution in [3.05, 3.63) is 52.0 Å². The van der Waals surface area contributed by atoms with Crippen LogP contribution in [0.15, 0.2) is 52.2 Å². The minimum Gasteiger partial charge on any atom is -0.497 e. The zero-order chi connectivity index (χ0) is 16.5. The van der Waals surface area contributed by atoms with Gasteiger partial charge in [0.1, 0.15) is 17.3 Å². The predicted octanol–water partition coefficient (Wildman–Crippen LogP) is 3.09. The van der Waals surface area contributed by atoms with E-state index in [-0.39, 0.29) is 12.5 Å². The molecule has 2 rings (SSSR count). The van der Waals surface area contributed by atoms with Crippen molar-refractivity contribution in [1.82, 2.24) is 5.43 Å². The number of rotatable bonds is 7. The lowest BCUT2D eigenvalue weighted by Crippen LogP contribution is -2.24. The van der Waals surface area contributed by atoms with Crippen LogP contribution in [0.2, 0.25) is 0 Å². The summed E-state index contributed by atoms with van der Waals surface area (Å²) < 4.78 is 16.5. The molecule has 0 fully saturated rings. The third-order valence-electron chi connectivity index (χ3n) is 2.65. The lowest BCUT2D eigenvalue weighted by atomic mass is 10.3. The molecule has 0 saturated carbocycles. The van der Waals surface area contributed by atoms with E-state index in [4.69, 9.17) is 13.9 Å². The van der Waals surface area contributed by atoms with E-state index >= 15 is 0 Å². The maximum Gasteiger partial charge on any atom is 0.277 e. The van der Waals surface area contributed by atoms with Crippen molar-refractivity contribution >= 4 is 40.8 Å². The van der Waals surface area contributed by atoms with Gasteiger partial charge < -0.3 is 13.9 Å². The number of hydrogen-bond donors (Lipinski definition) is 1. The Morgan fingerprint density at radius 2 is 2.30 bits per heavy atom. The summed E-state index contributed by atoms with van der Waals surface area (Å²) in [6, 6.07) is 8.95. The summed E-state index contributed by atoms with van der Waals surface area (Å²) in [4.78, 5) is 11.6. The van der Waals surface area contributed by atoms with Gasteiger partial charge in [-0.1, -0.05) is 0 Å². The second-order valence-corrected chi connectivity index (χ2v) is 5.43. The minimum absolute atomic E-state index is 0.123. The smallest absolute Gasteiger partial charge is 0.277 e. The van der Waals surface area contributed by atoms with Crippen LogP contribution in [0.25, 0.3) is 6.08 Å². The highest BCUT2D eigenvalue weighted by atomic mass is 127. The Hall–Kier alpha value is -2.29. The number of hydrogen-bond acceptors (Lipinski definition) is 5. The number of nitrogens with one attached hydrogen (secondary N) is 1. The standard InChI is InChI=1S/C16H15IN2O4/c1-21-13-6-7-15(14(17)10-13)23-11-16(20)19-18-8-2-4-12-5-3-9-22-12/h2-10H,11H2,1H3,(H,19,20)/b4-2-,18-8+. The monoisotopic (exact) mass is 426 g/mol. The number of allylic oxidation sites excluding steroid dienone is 1. The van der Waals surface area contributed by atoms with Crippen molar-refractivity contribution in [2.45, 2.75) is 0 Å². The van der Waals surface area contributed by atoms with Gasteiger partial charge in [0.25, 0.3) is 5.91 Å². The fraction of sp³-hybridized carbons (Fsp3) is 0.125. The number of halogens is 1. The van der Waals surface area contributed by atoms with E-state index in [1.54, 1.807) is 43.7 Å². The van der Waals surface area contributed by atoms with Gasteiger partial charge in [-0.05, 0) is 65.1 Å². The number of methoxy groups -OCH3 is 1. The summed E-state index contributed by atoms with van der Waals surface area (Å²) >= 11 is 2.12. The number of nitrogens with zero attached hydrogens (tertiary/aromatic N) is 1. The van der Waals surface area contributed by atoms with Gasteiger partial charge in [0.05, 0.1) is 16.9 Å². The molecule has 0 aliphatic rings. The Bertz CT molecular complexity index is 696. The van der Waals surface area contributed by atoms with Crippen LogP contribution in [0, 0.1) is 3.57 Å². The van der Waals surface area contributed by atoms with Crippen LogP contribution >= 0.6 is 22.6 Å². The average Bonchev–Trinajstić information content (AvgIpc) is 3.06. The molecule has 0 spiro atoms. The number of furan rings is 1. The number of ether oxygens (including phenoxy) is 2. The second-order valence-electron chi connectivity index (χ2n) is 4.27. The lowest BCUT2D eigenvalue weighted by molar-refractivity contribution is -0.123. The molecule has 6 nitrogen and oxygen atoms in total. The van der Waals surface area contributed by atoms with E-state index < -0.39 is 0 Å².